The maximum Gasteiger partial charge on any atom is 0.338 e. The van der Waals surface area contributed by atoms with Crippen molar-refractivity contribution in [1.82, 2.24) is 4.98 Å². The molecule has 0 aliphatic heterocycles. The molecule has 0 fully saturated rings. The number of hydrogen-bond donors (Lipinski definition) is 2. The molecule has 2 N–H and O–H groups in total. The molecular weight excluding hydrogens is 380 g/mol. The minimum absolute atomic E-state index is 0.110. The van der Waals surface area contributed by atoms with Gasteiger partial charge in [-0.1, -0.05) is 6.07 Å². The van der Waals surface area contributed by atoms with Gasteiger partial charge in [0.15, 0.2) is 0 Å². The molecule has 1 amide bonds. The number of benzene rings is 2. The first-order valence-corrected chi connectivity index (χ1v) is 8.73. The molecular formula is C21H17F2N3O3. The first kappa shape index (κ1) is 19.9. The smallest absolute Gasteiger partial charge is 0.338 e. The van der Waals surface area contributed by atoms with Crippen molar-refractivity contribution >= 4 is 29.1 Å². The van der Waals surface area contributed by atoms with E-state index in [-0.39, 0.29) is 23.7 Å². The van der Waals surface area contributed by atoms with Crippen LogP contribution in [0.15, 0.2) is 60.8 Å². The predicted octanol–water partition coefficient (Wildman–Crippen LogP) is 4.53. The van der Waals surface area contributed by atoms with E-state index in [1.54, 1.807) is 19.1 Å². The Morgan fingerprint density at radius 3 is 2.34 bits per heavy atom. The van der Waals surface area contributed by atoms with Gasteiger partial charge in [0.2, 0.25) is 0 Å². The molecule has 0 saturated heterocycles. The first-order chi connectivity index (χ1) is 14.0. The average Bonchev–Trinajstić information content (AvgIpc) is 2.72. The van der Waals surface area contributed by atoms with E-state index in [9.17, 15) is 18.4 Å². The Labute approximate surface area is 165 Å². The Hall–Kier alpha value is -3.81. The molecule has 1 aromatic heterocycles. The number of amides is 1. The van der Waals surface area contributed by atoms with E-state index >= 15 is 0 Å². The Bertz CT molecular complexity index is 1020. The average molecular weight is 397 g/mol. The van der Waals surface area contributed by atoms with Crippen molar-refractivity contribution in [2.75, 3.05) is 17.2 Å². The number of para-hydroxylation sites is 1. The van der Waals surface area contributed by atoms with E-state index in [1.807, 2.05) is 0 Å². The normalized spacial score (nSPS) is 10.3. The van der Waals surface area contributed by atoms with Gasteiger partial charge < -0.3 is 15.4 Å². The topological polar surface area (TPSA) is 80.3 Å². The summed E-state index contributed by atoms with van der Waals surface area (Å²) in [6.45, 7) is 1.98. The number of carbonyl (C=O) groups is 2. The van der Waals surface area contributed by atoms with Gasteiger partial charge >= 0.3 is 5.97 Å². The fraction of sp³-hybridized carbons (Fsp3) is 0.0952. The minimum Gasteiger partial charge on any atom is -0.462 e. The molecule has 0 aliphatic carbocycles. The summed E-state index contributed by atoms with van der Waals surface area (Å²) in [5.41, 5.74) is 0.711. The first-order valence-electron chi connectivity index (χ1n) is 8.73. The highest BCUT2D eigenvalue weighted by atomic mass is 19.1. The van der Waals surface area contributed by atoms with Gasteiger partial charge in [-0.05, 0) is 55.5 Å². The molecule has 3 rings (SSSR count). The van der Waals surface area contributed by atoms with Gasteiger partial charge in [-0.3, -0.25) is 4.79 Å². The molecule has 0 atom stereocenters. The zero-order valence-electron chi connectivity index (χ0n) is 15.4. The summed E-state index contributed by atoms with van der Waals surface area (Å²) in [6, 6.07) is 12.5. The highest BCUT2D eigenvalue weighted by Gasteiger charge is 2.12. The Kier molecular flexibility index (Phi) is 6.13. The molecule has 0 radical (unpaired) electrons. The quantitative estimate of drug-likeness (QED) is 0.598. The van der Waals surface area contributed by atoms with Crippen LogP contribution >= 0.6 is 0 Å². The van der Waals surface area contributed by atoms with Crippen molar-refractivity contribution in [3.05, 3.63) is 83.6 Å². The molecule has 29 heavy (non-hydrogen) atoms. The van der Waals surface area contributed by atoms with Crippen LogP contribution in [0.1, 0.15) is 27.6 Å². The fourth-order valence-corrected chi connectivity index (χ4v) is 2.49. The van der Waals surface area contributed by atoms with E-state index < -0.39 is 23.5 Å². The molecule has 0 saturated carbocycles. The van der Waals surface area contributed by atoms with Crippen molar-refractivity contribution in [2.24, 2.45) is 0 Å². The van der Waals surface area contributed by atoms with Crippen molar-refractivity contribution in [1.29, 1.82) is 0 Å². The van der Waals surface area contributed by atoms with E-state index in [4.69, 9.17) is 4.74 Å². The fourth-order valence-electron chi connectivity index (χ4n) is 2.49. The molecule has 2 aromatic carbocycles. The highest BCUT2D eigenvalue weighted by molar-refractivity contribution is 6.04. The second-order valence-electron chi connectivity index (χ2n) is 5.90. The molecule has 1 heterocycles. The maximum absolute atomic E-state index is 13.8. The summed E-state index contributed by atoms with van der Waals surface area (Å²) in [7, 11) is 0. The van der Waals surface area contributed by atoms with Crippen LogP contribution in [-0.2, 0) is 4.74 Å². The lowest BCUT2D eigenvalue weighted by molar-refractivity contribution is 0.0526. The lowest BCUT2D eigenvalue weighted by atomic mass is 10.2. The number of anilines is 3. The van der Waals surface area contributed by atoms with Crippen LogP contribution in [0, 0.1) is 11.6 Å². The molecule has 6 nitrogen and oxygen atoms in total. The number of nitrogens with zero attached hydrogens (tertiary/aromatic N) is 1. The number of hydrogen-bond acceptors (Lipinski definition) is 5. The number of rotatable bonds is 6. The second-order valence-corrected chi connectivity index (χ2v) is 5.90. The number of ether oxygens (including phenoxy) is 1. The van der Waals surface area contributed by atoms with E-state index in [2.05, 4.69) is 15.6 Å². The summed E-state index contributed by atoms with van der Waals surface area (Å²) < 4.78 is 32.5. The van der Waals surface area contributed by atoms with Crippen LogP contribution in [0.2, 0.25) is 0 Å². The van der Waals surface area contributed by atoms with Gasteiger partial charge in [0.1, 0.15) is 23.1 Å². The zero-order valence-corrected chi connectivity index (χ0v) is 15.4. The third kappa shape index (κ3) is 4.92. The number of esters is 1. The molecule has 148 valence electrons. The van der Waals surface area contributed by atoms with E-state index in [0.29, 0.717) is 11.3 Å². The van der Waals surface area contributed by atoms with Crippen LogP contribution in [0.5, 0.6) is 0 Å². The van der Waals surface area contributed by atoms with Gasteiger partial charge in [0.25, 0.3) is 5.91 Å². The Morgan fingerprint density at radius 2 is 1.69 bits per heavy atom. The second kappa shape index (κ2) is 8.92. The Balaban J connectivity index is 1.72. The van der Waals surface area contributed by atoms with Crippen LogP contribution in [-0.4, -0.2) is 23.5 Å². The summed E-state index contributed by atoms with van der Waals surface area (Å²) in [5, 5.41) is 5.21. The number of nitrogens with one attached hydrogen (secondary N) is 2. The van der Waals surface area contributed by atoms with E-state index in [0.717, 1.165) is 12.1 Å². The highest BCUT2D eigenvalue weighted by Crippen LogP contribution is 2.22. The molecule has 0 bridgehead atoms. The number of aromatic nitrogens is 1. The third-order valence-corrected chi connectivity index (χ3v) is 3.89. The summed E-state index contributed by atoms with van der Waals surface area (Å²) in [6.07, 6.45) is 1.35. The maximum atomic E-state index is 13.8. The third-order valence-electron chi connectivity index (χ3n) is 3.89. The van der Waals surface area contributed by atoms with Crippen molar-refractivity contribution in [3.63, 3.8) is 0 Å². The summed E-state index contributed by atoms with van der Waals surface area (Å²) >= 11 is 0. The zero-order chi connectivity index (χ0) is 20.8. The molecule has 0 aliphatic rings. The standard InChI is InChI=1S/C21H17F2N3O3/c1-2-29-21(28)13-6-8-15(9-7-13)25-20(27)14-10-11-24-18(12-14)26-19-16(22)4-3-5-17(19)23/h3-12H,2H2,1H3,(H,24,26)(H,25,27). The van der Waals surface area contributed by atoms with Crippen LogP contribution in [0.4, 0.5) is 26.0 Å². The van der Waals surface area contributed by atoms with Crippen LogP contribution in [0.3, 0.4) is 0 Å². The number of halogens is 2. The monoisotopic (exact) mass is 397 g/mol. The van der Waals surface area contributed by atoms with Gasteiger partial charge in [-0.25, -0.2) is 18.6 Å². The lowest BCUT2D eigenvalue weighted by Gasteiger charge is -2.10. The van der Waals surface area contributed by atoms with Crippen LogP contribution < -0.4 is 10.6 Å². The number of carbonyl (C=O) groups excluding carboxylic acids is 2. The lowest BCUT2D eigenvalue weighted by Crippen LogP contribution is -2.13. The summed E-state index contributed by atoms with van der Waals surface area (Å²) in [5.74, 6) is -2.34. The Morgan fingerprint density at radius 1 is 1.00 bits per heavy atom. The van der Waals surface area contributed by atoms with Crippen molar-refractivity contribution in [3.8, 4) is 0 Å². The van der Waals surface area contributed by atoms with Gasteiger partial charge in [0.05, 0.1) is 12.2 Å². The molecule has 8 heteroatoms. The minimum atomic E-state index is -0.775. The van der Waals surface area contributed by atoms with Gasteiger partial charge in [-0.2, -0.15) is 0 Å². The van der Waals surface area contributed by atoms with Crippen LogP contribution in [0.25, 0.3) is 0 Å². The van der Waals surface area contributed by atoms with E-state index in [1.165, 1.54) is 36.5 Å². The molecule has 3 aromatic rings. The van der Waals surface area contributed by atoms with Gasteiger partial charge in [-0.15, -0.1) is 0 Å². The largest absolute Gasteiger partial charge is 0.462 e. The predicted molar refractivity (Wildman–Crippen MR) is 104 cm³/mol. The van der Waals surface area contributed by atoms with Gasteiger partial charge in [0, 0.05) is 17.4 Å². The van der Waals surface area contributed by atoms with Crippen molar-refractivity contribution < 1.29 is 23.1 Å². The SMILES string of the molecule is CCOC(=O)c1ccc(NC(=O)c2ccnc(Nc3c(F)cccc3F)c2)cc1. The molecule has 0 spiro atoms. The summed E-state index contributed by atoms with van der Waals surface area (Å²) in [4.78, 5) is 28.1. The molecule has 0 unspecified atom stereocenters. The number of pyridine rings is 1. The van der Waals surface area contributed by atoms with Crippen molar-refractivity contribution in [2.45, 2.75) is 6.92 Å².